The molecule has 1 fully saturated rings. The van der Waals surface area contributed by atoms with Crippen LogP contribution in [0.3, 0.4) is 0 Å². The van der Waals surface area contributed by atoms with Gasteiger partial charge in [0.2, 0.25) is 5.95 Å². The lowest BCUT2D eigenvalue weighted by Crippen LogP contribution is -2.40. The number of nitrogens with one attached hydrogen (secondary N) is 1. The van der Waals surface area contributed by atoms with Gasteiger partial charge in [0.25, 0.3) is 11.5 Å². The summed E-state index contributed by atoms with van der Waals surface area (Å²) in [4.78, 5) is 29.9. The van der Waals surface area contributed by atoms with E-state index < -0.39 is 0 Å². The molecule has 30 heavy (non-hydrogen) atoms. The van der Waals surface area contributed by atoms with Gasteiger partial charge in [-0.2, -0.15) is 10.4 Å². The highest BCUT2D eigenvalue weighted by atomic mass is 16.2. The average molecular weight is 407 g/mol. The van der Waals surface area contributed by atoms with Crippen molar-refractivity contribution in [2.45, 2.75) is 39.5 Å². The predicted octanol–water partition coefficient (Wildman–Crippen LogP) is 2.31. The summed E-state index contributed by atoms with van der Waals surface area (Å²) in [6.45, 7) is 5.17. The number of nitriles is 1. The lowest BCUT2D eigenvalue weighted by molar-refractivity contribution is 0.0669. The molecule has 4 heterocycles. The minimum absolute atomic E-state index is 0.0724. The number of aromatic amines is 1. The third kappa shape index (κ3) is 3.49. The van der Waals surface area contributed by atoms with E-state index in [-0.39, 0.29) is 23.3 Å². The molecule has 0 bridgehead atoms. The lowest BCUT2D eigenvalue weighted by Gasteiger charge is -2.33. The molecule has 1 atom stereocenters. The number of carbonyl (C=O) groups is 1. The average Bonchev–Trinajstić information content (AvgIpc) is 3.38. The Morgan fingerprint density at radius 3 is 2.87 bits per heavy atom. The largest absolute Gasteiger partial charge is 0.339 e. The molecule has 156 valence electrons. The van der Waals surface area contributed by atoms with Gasteiger partial charge in [0, 0.05) is 25.2 Å². The van der Waals surface area contributed by atoms with Crippen LogP contribution in [0.25, 0.3) is 11.5 Å². The van der Waals surface area contributed by atoms with Crippen molar-refractivity contribution in [3.05, 3.63) is 46.1 Å². The van der Waals surface area contributed by atoms with Gasteiger partial charge in [0.1, 0.15) is 5.52 Å². The molecule has 0 spiro atoms. The fourth-order valence-corrected chi connectivity index (χ4v) is 4.25. The minimum atomic E-state index is -0.269. The summed E-state index contributed by atoms with van der Waals surface area (Å²) in [5, 5.41) is 18.1. The molecule has 1 unspecified atom stereocenters. The minimum Gasteiger partial charge on any atom is -0.339 e. The number of likely N-dealkylation sites (tertiary alicyclic amines) is 1. The van der Waals surface area contributed by atoms with Gasteiger partial charge in [-0.15, -0.1) is 5.10 Å². The molecule has 1 N–H and O–H groups in total. The normalized spacial score (nSPS) is 16.0. The van der Waals surface area contributed by atoms with Crippen molar-refractivity contribution in [2.75, 3.05) is 13.1 Å². The highest BCUT2D eigenvalue weighted by Crippen LogP contribution is 2.28. The Morgan fingerprint density at radius 2 is 2.17 bits per heavy atom. The van der Waals surface area contributed by atoms with Crippen LogP contribution >= 0.6 is 0 Å². The SMILES string of the molecule is CCCC(C#N)C1CCN(C(=O)c2cnn(-c3nn4cccc4c(=O)[nH]3)c2C)CC1. The van der Waals surface area contributed by atoms with Crippen molar-refractivity contribution in [1.29, 1.82) is 5.26 Å². The molecule has 0 aliphatic carbocycles. The molecule has 9 heteroatoms. The Hall–Kier alpha value is -3.41. The number of carbonyl (C=O) groups excluding carboxylic acids is 1. The van der Waals surface area contributed by atoms with E-state index in [1.165, 1.54) is 15.4 Å². The van der Waals surface area contributed by atoms with Gasteiger partial charge >= 0.3 is 0 Å². The van der Waals surface area contributed by atoms with Gasteiger partial charge in [-0.3, -0.25) is 14.6 Å². The molecule has 0 radical (unpaired) electrons. The molecule has 0 aromatic carbocycles. The van der Waals surface area contributed by atoms with Crippen molar-refractivity contribution in [3.8, 4) is 12.0 Å². The number of amides is 1. The van der Waals surface area contributed by atoms with E-state index in [9.17, 15) is 14.9 Å². The van der Waals surface area contributed by atoms with Crippen LogP contribution in [0.2, 0.25) is 0 Å². The Morgan fingerprint density at radius 1 is 1.40 bits per heavy atom. The Kier molecular flexibility index (Phi) is 5.40. The van der Waals surface area contributed by atoms with Crippen LogP contribution in [0.5, 0.6) is 0 Å². The number of piperidine rings is 1. The van der Waals surface area contributed by atoms with E-state index in [2.05, 4.69) is 28.2 Å². The van der Waals surface area contributed by atoms with E-state index in [4.69, 9.17) is 0 Å². The van der Waals surface area contributed by atoms with E-state index >= 15 is 0 Å². The highest BCUT2D eigenvalue weighted by molar-refractivity contribution is 5.95. The van der Waals surface area contributed by atoms with Crippen LogP contribution in [0.4, 0.5) is 0 Å². The molecule has 3 aromatic heterocycles. The molecule has 4 rings (SSSR count). The van der Waals surface area contributed by atoms with Crippen molar-refractivity contribution in [3.63, 3.8) is 0 Å². The maximum absolute atomic E-state index is 13.1. The van der Waals surface area contributed by atoms with Gasteiger partial charge in [0.15, 0.2) is 0 Å². The fourth-order valence-electron chi connectivity index (χ4n) is 4.25. The molecule has 0 saturated carbocycles. The number of nitrogens with zero attached hydrogens (tertiary/aromatic N) is 6. The zero-order valence-electron chi connectivity index (χ0n) is 17.2. The Bertz CT molecular complexity index is 1160. The monoisotopic (exact) mass is 407 g/mol. The van der Waals surface area contributed by atoms with Gasteiger partial charge in [-0.05, 0) is 44.2 Å². The topological polar surface area (TPSA) is 112 Å². The summed E-state index contributed by atoms with van der Waals surface area (Å²) in [5.41, 5.74) is 1.29. The Balaban J connectivity index is 1.52. The summed E-state index contributed by atoms with van der Waals surface area (Å²) in [5.74, 6) is 0.606. The van der Waals surface area contributed by atoms with Crippen LogP contribution in [-0.2, 0) is 0 Å². The van der Waals surface area contributed by atoms with Crippen molar-refractivity contribution in [1.82, 2.24) is 29.3 Å². The number of aromatic nitrogens is 5. The molecule has 1 saturated heterocycles. The smallest absolute Gasteiger partial charge is 0.276 e. The molecule has 1 aliphatic heterocycles. The van der Waals surface area contributed by atoms with E-state index in [0.29, 0.717) is 35.8 Å². The zero-order chi connectivity index (χ0) is 21.3. The maximum Gasteiger partial charge on any atom is 0.276 e. The van der Waals surface area contributed by atoms with Gasteiger partial charge in [-0.25, -0.2) is 9.20 Å². The van der Waals surface area contributed by atoms with E-state index in [1.54, 1.807) is 25.3 Å². The second-order valence-electron chi connectivity index (χ2n) is 7.83. The molecule has 1 aliphatic rings. The molecular formula is C21H25N7O2. The van der Waals surface area contributed by atoms with Crippen molar-refractivity contribution >= 4 is 11.4 Å². The Labute approximate surface area is 173 Å². The molecule has 9 nitrogen and oxygen atoms in total. The quantitative estimate of drug-likeness (QED) is 0.697. The summed E-state index contributed by atoms with van der Waals surface area (Å²) in [6.07, 6.45) is 6.82. The third-order valence-electron chi connectivity index (χ3n) is 5.99. The van der Waals surface area contributed by atoms with E-state index in [0.717, 1.165) is 25.7 Å². The van der Waals surface area contributed by atoms with Crippen LogP contribution in [0.1, 0.15) is 48.7 Å². The van der Waals surface area contributed by atoms with Crippen LogP contribution < -0.4 is 5.56 Å². The van der Waals surface area contributed by atoms with Crippen molar-refractivity contribution in [2.24, 2.45) is 11.8 Å². The first kappa shape index (κ1) is 19.9. The summed E-state index contributed by atoms with van der Waals surface area (Å²) in [6, 6.07) is 5.86. The predicted molar refractivity (Wildman–Crippen MR) is 110 cm³/mol. The molecule has 3 aromatic rings. The summed E-state index contributed by atoms with van der Waals surface area (Å²) >= 11 is 0. The van der Waals surface area contributed by atoms with Gasteiger partial charge in [0.05, 0.1) is 23.5 Å². The van der Waals surface area contributed by atoms with Crippen LogP contribution in [0.15, 0.2) is 29.3 Å². The summed E-state index contributed by atoms with van der Waals surface area (Å²) < 4.78 is 2.97. The standard InChI is InChI=1S/C21H25N7O2/c1-3-5-16(12-22)15-7-10-26(11-8-15)20(30)17-13-23-28(14(17)2)21-24-19(29)18-6-4-9-27(18)25-21/h4,6,9,13,15-16H,3,5,7-8,10-11H2,1-2H3,(H,24,25,29). The van der Waals surface area contributed by atoms with Gasteiger partial charge in [-0.1, -0.05) is 13.3 Å². The number of fused-ring (bicyclic) bond motifs is 1. The zero-order valence-corrected chi connectivity index (χ0v) is 17.2. The van der Waals surface area contributed by atoms with Crippen LogP contribution in [0, 0.1) is 30.1 Å². The number of hydrogen-bond donors (Lipinski definition) is 1. The number of rotatable bonds is 5. The van der Waals surface area contributed by atoms with E-state index in [1.807, 2.05) is 4.90 Å². The first-order valence-corrected chi connectivity index (χ1v) is 10.3. The summed E-state index contributed by atoms with van der Waals surface area (Å²) in [7, 11) is 0. The fraction of sp³-hybridized carbons (Fsp3) is 0.476. The highest BCUT2D eigenvalue weighted by Gasteiger charge is 2.30. The van der Waals surface area contributed by atoms with Gasteiger partial charge < -0.3 is 4.90 Å². The molecular weight excluding hydrogens is 382 g/mol. The first-order chi connectivity index (χ1) is 14.5. The number of H-pyrrole nitrogens is 1. The maximum atomic E-state index is 13.1. The van der Waals surface area contributed by atoms with Crippen LogP contribution in [-0.4, -0.2) is 48.3 Å². The number of hydrogen-bond acceptors (Lipinski definition) is 5. The third-order valence-corrected chi connectivity index (χ3v) is 5.99. The second-order valence-corrected chi connectivity index (χ2v) is 7.83. The lowest BCUT2D eigenvalue weighted by atomic mass is 9.82. The molecule has 1 amide bonds. The second kappa shape index (κ2) is 8.14. The van der Waals surface area contributed by atoms with Crippen molar-refractivity contribution < 1.29 is 4.79 Å². The first-order valence-electron chi connectivity index (χ1n) is 10.3.